The van der Waals surface area contributed by atoms with Gasteiger partial charge in [-0.15, -0.1) is 0 Å². The molecule has 0 radical (unpaired) electrons. The Morgan fingerprint density at radius 3 is 2.45 bits per heavy atom. The number of amidine groups is 1. The van der Waals surface area contributed by atoms with Crippen LogP contribution in [0.4, 0.5) is 0 Å². The van der Waals surface area contributed by atoms with E-state index in [1.165, 1.54) is 5.56 Å². The molecule has 2 rings (SSSR count). The van der Waals surface area contributed by atoms with Crippen molar-refractivity contribution < 1.29 is 13.3 Å². The highest BCUT2D eigenvalue weighted by atomic mass is 32.2. The molecule has 1 aromatic rings. The summed E-state index contributed by atoms with van der Waals surface area (Å²) >= 11 is -2.86. The van der Waals surface area contributed by atoms with Crippen molar-refractivity contribution in [1.29, 1.82) is 0 Å². The number of nitrogens with two attached hydrogens (primary N) is 1. The Morgan fingerprint density at radius 1 is 1.41 bits per heavy atom. The van der Waals surface area contributed by atoms with Crippen LogP contribution >= 0.6 is 0 Å². The fraction of sp³-hybridized carbons (Fsp3) is 0.533. The Morgan fingerprint density at radius 2 is 1.95 bits per heavy atom. The zero-order chi connectivity index (χ0) is 17.0. The number of nitrogens with zero attached hydrogens (tertiary/aromatic N) is 2. The van der Waals surface area contributed by atoms with Crippen molar-refractivity contribution in [2.24, 2.45) is 10.7 Å². The first-order chi connectivity index (χ1) is 10.5. The van der Waals surface area contributed by atoms with E-state index >= 15 is 0 Å². The summed E-state index contributed by atoms with van der Waals surface area (Å²) < 4.78 is 24.1. The molecule has 22 heavy (non-hydrogen) atoms. The van der Waals surface area contributed by atoms with Gasteiger partial charge in [0.25, 0.3) is 0 Å². The molecule has 0 fully saturated rings. The third kappa shape index (κ3) is 8.89. The molecular weight excluding hydrogens is 302 g/mol. The maximum atomic E-state index is 8.56. The van der Waals surface area contributed by atoms with Crippen LogP contribution in [0.25, 0.3) is 0 Å². The van der Waals surface area contributed by atoms with Crippen molar-refractivity contribution in [3.8, 4) is 0 Å². The molecule has 0 saturated carbocycles. The van der Waals surface area contributed by atoms with Gasteiger partial charge < -0.3 is 19.7 Å². The summed E-state index contributed by atoms with van der Waals surface area (Å²) in [4.78, 5) is 6.75. The topological polar surface area (TPSA) is 102 Å². The first kappa shape index (κ1) is 20.7. The van der Waals surface area contributed by atoms with Crippen LogP contribution in [0.2, 0.25) is 0 Å². The SMILES string of the molecule is CC.CC(N)C1=NCCN1CCc1ccccc1.O=S([O-])O. The van der Waals surface area contributed by atoms with Crippen molar-refractivity contribution in [1.82, 2.24) is 4.90 Å². The largest absolute Gasteiger partial charge is 0.750 e. The fourth-order valence-electron chi connectivity index (χ4n) is 2.07. The number of hydrogen-bond acceptors (Lipinski definition) is 5. The molecule has 7 heteroatoms. The van der Waals surface area contributed by atoms with E-state index in [9.17, 15) is 0 Å². The average molecular weight is 328 g/mol. The highest BCUT2D eigenvalue weighted by Gasteiger charge is 2.19. The second-order valence-corrected chi connectivity index (χ2v) is 4.90. The van der Waals surface area contributed by atoms with Crippen molar-refractivity contribution >= 4 is 17.2 Å². The Kier molecular flexibility index (Phi) is 11.6. The minimum Gasteiger partial charge on any atom is -0.750 e. The Labute approximate surface area is 135 Å². The van der Waals surface area contributed by atoms with Crippen LogP contribution in [-0.4, -0.2) is 49.7 Å². The van der Waals surface area contributed by atoms with E-state index in [0.717, 1.165) is 31.9 Å². The highest BCUT2D eigenvalue weighted by Crippen LogP contribution is 2.07. The van der Waals surface area contributed by atoms with Crippen molar-refractivity contribution in [2.45, 2.75) is 33.2 Å². The van der Waals surface area contributed by atoms with E-state index in [1.807, 2.05) is 26.8 Å². The standard InChI is InChI=1S/C13H19N3.C2H6.H2O3S/c1-11(14)13-15-8-10-16(13)9-7-12-5-3-2-4-6-12;1-2;1-4(2)3/h2-6,11H,7-10,14H2,1H3;1-2H3;(H2,1,2,3)/p-1. The molecule has 2 unspecified atom stereocenters. The van der Waals surface area contributed by atoms with Crippen molar-refractivity contribution in [3.05, 3.63) is 35.9 Å². The summed E-state index contributed by atoms with van der Waals surface area (Å²) in [5.74, 6) is 1.07. The van der Waals surface area contributed by atoms with E-state index in [1.54, 1.807) is 0 Å². The van der Waals surface area contributed by atoms with Crippen LogP contribution in [0.3, 0.4) is 0 Å². The highest BCUT2D eigenvalue weighted by molar-refractivity contribution is 7.73. The first-order valence-electron chi connectivity index (χ1n) is 7.38. The van der Waals surface area contributed by atoms with Crippen LogP contribution < -0.4 is 5.73 Å². The van der Waals surface area contributed by atoms with Crippen LogP contribution in [0.15, 0.2) is 35.3 Å². The van der Waals surface area contributed by atoms with Gasteiger partial charge in [0.2, 0.25) is 0 Å². The molecule has 3 N–H and O–H groups in total. The van der Waals surface area contributed by atoms with Gasteiger partial charge in [0.05, 0.1) is 23.9 Å². The molecule has 0 saturated heterocycles. The zero-order valence-electron chi connectivity index (χ0n) is 13.4. The van der Waals surface area contributed by atoms with Crippen LogP contribution in [0.1, 0.15) is 26.3 Å². The maximum Gasteiger partial charge on any atom is 0.116 e. The van der Waals surface area contributed by atoms with Crippen LogP contribution in [-0.2, 0) is 17.8 Å². The van der Waals surface area contributed by atoms with Gasteiger partial charge in [0.1, 0.15) is 5.84 Å². The summed E-state index contributed by atoms with van der Waals surface area (Å²) in [6.07, 6.45) is 1.06. The van der Waals surface area contributed by atoms with E-state index in [-0.39, 0.29) is 6.04 Å². The molecule has 0 aromatic heterocycles. The number of aliphatic imine (C=N–C) groups is 1. The molecule has 1 aliphatic heterocycles. The lowest BCUT2D eigenvalue weighted by Gasteiger charge is -2.22. The second kappa shape index (κ2) is 12.3. The summed E-state index contributed by atoms with van der Waals surface area (Å²) in [7, 11) is 0. The first-order valence-corrected chi connectivity index (χ1v) is 8.41. The van der Waals surface area contributed by atoms with E-state index in [4.69, 9.17) is 19.0 Å². The summed E-state index contributed by atoms with van der Waals surface area (Å²) in [6, 6.07) is 10.6. The molecule has 0 bridgehead atoms. The van der Waals surface area contributed by atoms with Gasteiger partial charge in [-0.05, 0) is 18.9 Å². The predicted molar refractivity (Wildman–Crippen MR) is 90.6 cm³/mol. The molecule has 6 nitrogen and oxygen atoms in total. The Hall–Kier alpha value is -1.28. The molecule has 0 aliphatic carbocycles. The lowest BCUT2D eigenvalue weighted by atomic mass is 10.1. The van der Waals surface area contributed by atoms with Gasteiger partial charge in [-0.25, -0.2) is 4.21 Å². The molecule has 1 heterocycles. The fourth-order valence-corrected chi connectivity index (χ4v) is 2.07. The maximum absolute atomic E-state index is 8.56. The third-order valence-corrected chi connectivity index (χ3v) is 2.89. The normalized spacial score (nSPS) is 15.7. The van der Waals surface area contributed by atoms with Crippen LogP contribution in [0.5, 0.6) is 0 Å². The van der Waals surface area contributed by atoms with Gasteiger partial charge in [0.15, 0.2) is 0 Å². The number of rotatable bonds is 4. The zero-order valence-corrected chi connectivity index (χ0v) is 14.3. The van der Waals surface area contributed by atoms with E-state index in [0.29, 0.717) is 0 Å². The molecule has 1 aromatic carbocycles. The summed E-state index contributed by atoms with van der Waals surface area (Å²) in [5, 5.41) is 0. The lowest BCUT2D eigenvalue weighted by molar-refractivity contribution is 0.436. The van der Waals surface area contributed by atoms with Gasteiger partial charge in [-0.1, -0.05) is 44.2 Å². The smallest absolute Gasteiger partial charge is 0.116 e. The lowest BCUT2D eigenvalue weighted by Crippen LogP contribution is -2.40. The molecule has 0 spiro atoms. The number of hydrogen-bond donors (Lipinski definition) is 2. The van der Waals surface area contributed by atoms with Gasteiger partial charge in [-0.3, -0.25) is 4.99 Å². The molecule has 1 aliphatic rings. The molecule has 0 amide bonds. The quantitative estimate of drug-likeness (QED) is 0.818. The second-order valence-electron chi connectivity index (χ2n) is 4.47. The van der Waals surface area contributed by atoms with Crippen LogP contribution in [0, 0.1) is 0 Å². The summed E-state index contributed by atoms with van der Waals surface area (Å²) in [5.41, 5.74) is 7.26. The van der Waals surface area contributed by atoms with E-state index < -0.39 is 11.4 Å². The van der Waals surface area contributed by atoms with Gasteiger partial charge >= 0.3 is 0 Å². The molecular formula is C15H26N3O3S-. The molecule has 2 atom stereocenters. The third-order valence-electron chi connectivity index (χ3n) is 2.89. The van der Waals surface area contributed by atoms with Gasteiger partial charge in [-0.2, -0.15) is 0 Å². The minimum atomic E-state index is -2.86. The summed E-state index contributed by atoms with van der Waals surface area (Å²) in [6.45, 7) is 8.93. The Bertz CT molecular complexity index is 449. The predicted octanol–water partition coefficient (Wildman–Crippen LogP) is 1.66. The minimum absolute atomic E-state index is 0.0540. The van der Waals surface area contributed by atoms with Crippen molar-refractivity contribution in [2.75, 3.05) is 19.6 Å². The Balaban J connectivity index is 0.000000640. The van der Waals surface area contributed by atoms with Gasteiger partial charge in [0, 0.05) is 13.1 Å². The monoisotopic (exact) mass is 328 g/mol. The van der Waals surface area contributed by atoms with Crippen molar-refractivity contribution in [3.63, 3.8) is 0 Å². The average Bonchev–Trinajstić information content (AvgIpc) is 2.96. The molecule has 126 valence electrons. The van der Waals surface area contributed by atoms with E-state index in [2.05, 4.69) is 34.2 Å². The number of benzene rings is 1.